The highest BCUT2D eigenvalue weighted by Gasteiger charge is 2.17. The molecule has 0 radical (unpaired) electrons. The van der Waals surface area contributed by atoms with Crippen LogP contribution in [0.25, 0.3) is 22.2 Å². The molecular weight excluding hydrogens is 521 g/mol. The highest BCUT2D eigenvalue weighted by atomic mass is 32.2. The first-order valence-electron chi connectivity index (χ1n) is 10.2. The third-order valence-corrected chi connectivity index (χ3v) is 10.1. The minimum absolute atomic E-state index is 0.0107. The maximum absolute atomic E-state index is 12.3. The lowest BCUT2D eigenvalue weighted by molar-refractivity contribution is -0.114. The van der Waals surface area contributed by atoms with Crippen molar-refractivity contribution in [2.75, 3.05) is 23.0 Å². The zero-order valence-electron chi connectivity index (χ0n) is 18.2. The second-order valence-electron chi connectivity index (χ2n) is 7.14. The molecule has 2 aromatic carbocycles. The van der Waals surface area contributed by atoms with Crippen LogP contribution in [0.5, 0.6) is 0 Å². The lowest BCUT2D eigenvalue weighted by Gasteiger charge is -1.99. The Hall–Kier alpha value is -2.35. The average Bonchev–Trinajstić information content (AvgIpc) is 3.43. The zero-order valence-corrected chi connectivity index (χ0v) is 21.4. The van der Waals surface area contributed by atoms with Crippen LogP contribution in [0.15, 0.2) is 65.5 Å². The van der Waals surface area contributed by atoms with Gasteiger partial charge >= 0.3 is 0 Å². The Morgan fingerprint density at radius 3 is 1.56 bits per heavy atom. The van der Waals surface area contributed by atoms with E-state index in [4.69, 9.17) is 8.83 Å². The number of rotatable bonds is 10. The number of fused-ring (bicyclic) bond motifs is 2. The molecule has 180 valence electrons. The number of oxazole rings is 2. The van der Waals surface area contributed by atoms with E-state index >= 15 is 0 Å². The smallest absolute Gasteiger partial charge is 0.257 e. The van der Waals surface area contributed by atoms with Gasteiger partial charge in [0, 0.05) is 0 Å². The van der Waals surface area contributed by atoms with Crippen molar-refractivity contribution < 1.29 is 30.5 Å². The number of carbonyl (C=O) groups excluding carboxylic acids is 1. The number of ketones is 1. The summed E-state index contributed by atoms with van der Waals surface area (Å²) in [4.78, 5) is 21.2. The fraction of sp³-hybridized carbons (Fsp3) is 0.286. The lowest BCUT2D eigenvalue weighted by atomic mass is 10.3. The number of hydrogen-bond acceptors (Lipinski definition) is 11. The summed E-state index contributed by atoms with van der Waals surface area (Å²) < 4.78 is 59.3. The van der Waals surface area contributed by atoms with Gasteiger partial charge in [-0.05, 0) is 36.4 Å². The van der Waals surface area contributed by atoms with Crippen LogP contribution in [0.1, 0.15) is 13.8 Å². The third kappa shape index (κ3) is 5.32. The van der Waals surface area contributed by atoms with Crippen molar-refractivity contribution in [3.8, 4) is 0 Å². The molecule has 0 saturated carbocycles. The van der Waals surface area contributed by atoms with Crippen LogP contribution in [0, 0.1) is 0 Å². The first kappa shape index (κ1) is 24.8. The highest BCUT2D eigenvalue weighted by Crippen LogP contribution is 2.28. The lowest BCUT2D eigenvalue weighted by Crippen LogP contribution is -2.04. The Morgan fingerprint density at radius 1 is 0.765 bits per heavy atom. The average molecular weight is 541 g/mol. The summed E-state index contributed by atoms with van der Waals surface area (Å²) in [6, 6.07) is 8.98. The van der Waals surface area contributed by atoms with Gasteiger partial charge in [0.2, 0.25) is 0 Å². The number of Topliss-reactive ketones (excluding diaryl/α,β-unsaturated/α-hetero) is 1. The van der Waals surface area contributed by atoms with E-state index < -0.39 is 19.7 Å². The fourth-order valence-electron chi connectivity index (χ4n) is 2.94. The Morgan fingerprint density at radius 2 is 1.18 bits per heavy atom. The topological polar surface area (TPSA) is 137 Å². The van der Waals surface area contributed by atoms with Gasteiger partial charge in [0.05, 0.1) is 32.8 Å². The maximum Gasteiger partial charge on any atom is 0.257 e. The van der Waals surface area contributed by atoms with Gasteiger partial charge in [-0.3, -0.25) is 4.79 Å². The van der Waals surface area contributed by atoms with Gasteiger partial charge in [-0.1, -0.05) is 37.4 Å². The zero-order chi connectivity index (χ0) is 24.5. The number of carbonyl (C=O) groups is 1. The molecule has 0 aliphatic rings. The first-order valence-corrected chi connectivity index (χ1v) is 15.4. The molecule has 0 fully saturated rings. The predicted molar refractivity (Wildman–Crippen MR) is 130 cm³/mol. The van der Waals surface area contributed by atoms with Gasteiger partial charge in [0.15, 0.2) is 36.6 Å². The fourth-order valence-corrected chi connectivity index (χ4v) is 6.27. The Balaban J connectivity index is 1.37. The molecule has 9 nitrogen and oxygen atoms in total. The van der Waals surface area contributed by atoms with Gasteiger partial charge < -0.3 is 8.83 Å². The molecule has 0 amide bonds. The van der Waals surface area contributed by atoms with Crippen molar-refractivity contribution in [3.05, 3.63) is 36.4 Å². The van der Waals surface area contributed by atoms with Crippen molar-refractivity contribution in [2.24, 2.45) is 0 Å². The van der Waals surface area contributed by atoms with Gasteiger partial charge in [-0.2, -0.15) is 0 Å². The quantitative estimate of drug-likeness (QED) is 0.270. The van der Waals surface area contributed by atoms with Crippen molar-refractivity contribution >= 4 is 71.2 Å². The van der Waals surface area contributed by atoms with Crippen LogP contribution in [-0.4, -0.2) is 55.6 Å². The summed E-state index contributed by atoms with van der Waals surface area (Å²) in [6.07, 6.45) is 0. The van der Waals surface area contributed by atoms with Crippen LogP contribution >= 0.6 is 23.5 Å². The molecule has 0 unspecified atom stereocenters. The molecule has 34 heavy (non-hydrogen) atoms. The third-order valence-electron chi connectivity index (χ3n) is 4.87. The summed E-state index contributed by atoms with van der Waals surface area (Å²) in [5.74, 6) is 0.0629. The summed E-state index contributed by atoms with van der Waals surface area (Å²) >= 11 is 2.23. The van der Waals surface area contributed by atoms with Crippen molar-refractivity contribution in [3.63, 3.8) is 0 Å². The van der Waals surface area contributed by atoms with Crippen molar-refractivity contribution in [1.82, 2.24) is 9.97 Å². The second kappa shape index (κ2) is 9.72. The predicted octanol–water partition coefficient (Wildman–Crippen LogP) is 4.01. The molecule has 2 aromatic heterocycles. The number of nitrogens with zero attached hydrogens (tertiary/aromatic N) is 2. The summed E-state index contributed by atoms with van der Waals surface area (Å²) in [6.45, 7) is 3.14. The maximum atomic E-state index is 12.3. The van der Waals surface area contributed by atoms with Gasteiger partial charge in [-0.15, -0.1) is 0 Å². The Labute approximate surface area is 204 Å². The van der Waals surface area contributed by atoms with E-state index in [-0.39, 0.29) is 49.0 Å². The van der Waals surface area contributed by atoms with E-state index in [1.165, 1.54) is 24.3 Å². The second-order valence-corrected chi connectivity index (χ2v) is 13.6. The Bertz CT molecular complexity index is 1470. The molecule has 0 bridgehead atoms. The molecule has 13 heteroatoms. The van der Waals surface area contributed by atoms with Gasteiger partial charge in [0.1, 0.15) is 11.0 Å². The molecule has 0 N–H and O–H groups in total. The number of sulfone groups is 2. The number of aromatic nitrogens is 2. The normalized spacial score (nSPS) is 12.5. The number of benzene rings is 2. The van der Waals surface area contributed by atoms with E-state index in [9.17, 15) is 21.6 Å². The van der Waals surface area contributed by atoms with Crippen LogP contribution < -0.4 is 0 Å². The highest BCUT2D eigenvalue weighted by molar-refractivity contribution is 8.01. The SMILES string of the molecule is CCS(=O)(=O)c1ccc2oc(SCC(=O)CSc3nc4cc(S(=O)(=O)CC)ccc4o3)nc2c1. The molecule has 4 aromatic rings. The first-order chi connectivity index (χ1) is 16.1. The van der Waals surface area contributed by atoms with Crippen LogP contribution in [0.2, 0.25) is 0 Å². The van der Waals surface area contributed by atoms with Gasteiger partial charge in [0.25, 0.3) is 10.4 Å². The Kier molecular flexibility index (Phi) is 7.08. The number of thioether (sulfide) groups is 2. The summed E-state index contributed by atoms with van der Waals surface area (Å²) in [7, 11) is -6.70. The van der Waals surface area contributed by atoms with E-state index in [2.05, 4.69) is 9.97 Å². The molecule has 0 saturated heterocycles. The van der Waals surface area contributed by atoms with Crippen molar-refractivity contribution in [2.45, 2.75) is 34.1 Å². The number of hydrogen-bond donors (Lipinski definition) is 0. The largest absolute Gasteiger partial charge is 0.431 e. The summed E-state index contributed by atoms with van der Waals surface area (Å²) in [5, 5.41) is 0.539. The van der Waals surface area contributed by atoms with Crippen LogP contribution in [0.4, 0.5) is 0 Å². The molecular formula is C21H20N2O7S4. The summed E-state index contributed by atoms with van der Waals surface area (Å²) in [5.41, 5.74) is 1.70. The van der Waals surface area contributed by atoms with E-state index in [0.717, 1.165) is 23.5 Å². The van der Waals surface area contributed by atoms with E-state index in [1.54, 1.807) is 26.0 Å². The molecule has 0 atom stereocenters. The minimum Gasteiger partial charge on any atom is -0.431 e. The van der Waals surface area contributed by atoms with Crippen LogP contribution in [0.3, 0.4) is 0 Å². The van der Waals surface area contributed by atoms with E-state index in [0.29, 0.717) is 22.2 Å². The van der Waals surface area contributed by atoms with Crippen molar-refractivity contribution in [1.29, 1.82) is 0 Å². The molecule has 0 spiro atoms. The minimum atomic E-state index is -3.35. The standard InChI is InChI=1S/C21H20N2O7S4/c1-3-33(25,26)14-5-7-18-16(9-14)22-20(29-18)31-11-13(24)12-32-21-23-17-10-15(34(27,28)4-2)6-8-19(17)30-21/h5-10H,3-4,11-12H2,1-2H3. The molecule has 2 heterocycles. The van der Waals surface area contributed by atoms with Crippen LogP contribution in [-0.2, 0) is 24.5 Å². The van der Waals surface area contributed by atoms with E-state index in [1.807, 2.05) is 0 Å². The van der Waals surface area contributed by atoms with Gasteiger partial charge in [-0.25, -0.2) is 26.8 Å². The monoisotopic (exact) mass is 540 g/mol. The molecule has 4 rings (SSSR count). The molecule has 0 aliphatic heterocycles. The molecule has 0 aliphatic carbocycles.